The summed E-state index contributed by atoms with van der Waals surface area (Å²) in [6, 6.07) is 17.2. The van der Waals surface area contributed by atoms with Crippen LogP contribution in [0.15, 0.2) is 59.0 Å². The highest BCUT2D eigenvalue weighted by atomic mass is 32.1. The molecular formula is C21H23N4O2S+. The van der Waals surface area contributed by atoms with Gasteiger partial charge in [-0.05, 0) is 36.5 Å². The summed E-state index contributed by atoms with van der Waals surface area (Å²) in [6.45, 7) is 4.18. The van der Waals surface area contributed by atoms with Gasteiger partial charge in [-0.3, -0.25) is 10.1 Å². The molecule has 2 aromatic carbocycles. The lowest BCUT2D eigenvalue weighted by atomic mass is 10.2. The van der Waals surface area contributed by atoms with Crippen LogP contribution in [0.3, 0.4) is 0 Å². The van der Waals surface area contributed by atoms with Gasteiger partial charge in [-0.2, -0.15) is 0 Å². The number of quaternary nitrogens is 1. The van der Waals surface area contributed by atoms with Crippen LogP contribution in [-0.4, -0.2) is 44.2 Å². The summed E-state index contributed by atoms with van der Waals surface area (Å²) >= 11 is 5.37. The molecule has 0 saturated carbocycles. The van der Waals surface area contributed by atoms with Gasteiger partial charge >= 0.3 is 0 Å². The van der Waals surface area contributed by atoms with Crippen molar-refractivity contribution in [2.75, 3.05) is 43.4 Å². The first kappa shape index (κ1) is 18.5. The van der Waals surface area contributed by atoms with Gasteiger partial charge in [0.05, 0.1) is 44.6 Å². The van der Waals surface area contributed by atoms with Gasteiger partial charge in [0.15, 0.2) is 10.9 Å². The number of benzene rings is 2. The zero-order chi connectivity index (χ0) is 19.5. The maximum atomic E-state index is 12.5. The monoisotopic (exact) mass is 395 g/mol. The Morgan fingerprint density at radius 2 is 1.82 bits per heavy atom. The van der Waals surface area contributed by atoms with Gasteiger partial charge in [-0.1, -0.05) is 30.3 Å². The van der Waals surface area contributed by atoms with Crippen LogP contribution in [0, 0.1) is 0 Å². The van der Waals surface area contributed by atoms with E-state index >= 15 is 0 Å². The molecule has 2 heterocycles. The van der Waals surface area contributed by atoms with Crippen LogP contribution < -0.4 is 20.4 Å². The van der Waals surface area contributed by atoms with Crippen molar-refractivity contribution >= 4 is 45.6 Å². The molecule has 28 heavy (non-hydrogen) atoms. The molecule has 4 rings (SSSR count). The summed E-state index contributed by atoms with van der Waals surface area (Å²) in [7, 11) is 2.21. The first-order valence-corrected chi connectivity index (χ1v) is 9.77. The lowest BCUT2D eigenvalue weighted by Gasteiger charge is -2.33. The molecule has 1 aliphatic rings. The van der Waals surface area contributed by atoms with Crippen molar-refractivity contribution in [3.8, 4) is 0 Å². The second-order valence-electron chi connectivity index (χ2n) is 7.02. The molecule has 0 radical (unpaired) electrons. The van der Waals surface area contributed by atoms with Gasteiger partial charge in [0.1, 0.15) is 5.58 Å². The standard InChI is InChI=1S/C21H22N4O2S/c1-24-10-12-25(13-11-24)17-8-4-3-7-16(17)22-21(28)23-20(26)19-14-15-6-2-5-9-18(15)27-19/h2-9,14H,10-13H2,1H3,(H2,22,23,26,28)/p+1. The van der Waals surface area contributed by atoms with E-state index in [1.54, 1.807) is 6.07 Å². The number of para-hydroxylation sites is 3. The van der Waals surface area contributed by atoms with Gasteiger partial charge in [0, 0.05) is 5.39 Å². The van der Waals surface area contributed by atoms with E-state index < -0.39 is 0 Å². The Labute approximate surface area is 169 Å². The number of nitrogens with zero attached hydrogens (tertiary/aromatic N) is 1. The van der Waals surface area contributed by atoms with E-state index in [0.29, 0.717) is 5.58 Å². The van der Waals surface area contributed by atoms with Crippen molar-refractivity contribution in [1.82, 2.24) is 5.32 Å². The molecule has 0 aliphatic carbocycles. The molecule has 1 aliphatic heterocycles. The predicted octanol–water partition coefficient (Wildman–Crippen LogP) is 1.89. The zero-order valence-corrected chi connectivity index (χ0v) is 16.5. The van der Waals surface area contributed by atoms with E-state index in [2.05, 4.69) is 28.6 Å². The molecule has 3 N–H and O–H groups in total. The van der Waals surface area contributed by atoms with Crippen molar-refractivity contribution in [2.45, 2.75) is 0 Å². The predicted molar refractivity (Wildman–Crippen MR) is 115 cm³/mol. The van der Waals surface area contributed by atoms with Gasteiger partial charge in [-0.15, -0.1) is 0 Å². The third-order valence-corrected chi connectivity index (χ3v) is 5.19. The van der Waals surface area contributed by atoms with Crippen LogP contribution >= 0.6 is 12.2 Å². The Hall–Kier alpha value is -2.90. The van der Waals surface area contributed by atoms with Crippen LogP contribution in [0.4, 0.5) is 11.4 Å². The highest BCUT2D eigenvalue weighted by Gasteiger charge is 2.20. The average Bonchev–Trinajstić information content (AvgIpc) is 3.13. The number of furan rings is 1. The summed E-state index contributed by atoms with van der Waals surface area (Å²) in [5, 5.41) is 7.00. The van der Waals surface area contributed by atoms with Crippen LogP contribution in [0.2, 0.25) is 0 Å². The summed E-state index contributed by atoms with van der Waals surface area (Å²) in [6.07, 6.45) is 0. The lowest BCUT2D eigenvalue weighted by Crippen LogP contribution is -3.12. The van der Waals surface area contributed by atoms with Crippen molar-refractivity contribution in [1.29, 1.82) is 0 Å². The quantitative estimate of drug-likeness (QED) is 0.592. The first-order valence-electron chi connectivity index (χ1n) is 9.36. The number of amides is 1. The van der Waals surface area contributed by atoms with E-state index in [4.69, 9.17) is 16.6 Å². The Morgan fingerprint density at radius 1 is 1.11 bits per heavy atom. The molecule has 1 amide bonds. The summed E-state index contributed by atoms with van der Waals surface area (Å²) in [5.74, 6) is -0.130. The second kappa shape index (κ2) is 8.00. The van der Waals surface area contributed by atoms with E-state index in [-0.39, 0.29) is 16.8 Å². The Bertz CT molecular complexity index is 975. The van der Waals surface area contributed by atoms with Crippen molar-refractivity contribution in [2.24, 2.45) is 0 Å². The Balaban J connectivity index is 1.44. The average molecular weight is 396 g/mol. The SMILES string of the molecule is C[NH+]1CCN(c2ccccc2NC(=S)NC(=O)c2cc3ccccc3o2)CC1. The van der Waals surface area contributed by atoms with Crippen molar-refractivity contribution in [3.05, 3.63) is 60.4 Å². The van der Waals surface area contributed by atoms with Gasteiger partial charge in [0.25, 0.3) is 5.91 Å². The first-order chi connectivity index (χ1) is 13.6. The van der Waals surface area contributed by atoms with Gasteiger partial charge < -0.3 is 19.5 Å². The van der Waals surface area contributed by atoms with Crippen molar-refractivity contribution < 1.29 is 14.1 Å². The molecule has 0 atom stereocenters. The number of nitrogens with one attached hydrogen (secondary N) is 3. The maximum Gasteiger partial charge on any atom is 0.293 e. The summed E-state index contributed by atoms with van der Waals surface area (Å²) in [4.78, 5) is 16.4. The normalized spacial score (nSPS) is 14.8. The van der Waals surface area contributed by atoms with E-state index in [1.165, 1.54) is 4.90 Å². The number of carbonyl (C=O) groups is 1. The molecule has 1 fully saturated rings. The topological polar surface area (TPSA) is 62.0 Å². The number of anilines is 2. The Kier molecular flexibility index (Phi) is 5.27. The molecule has 7 heteroatoms. The lowest BCUT2D eigenvalue weighted by molar-refractivity contribution is -0.880. The highest BCUT2D eigenvalue weighted by Crippen LogP contribution is 2.25. The van der Waals surface area contributed by atoms with E-state index in [9.17, 15) is 4.79 Å². The fourth-order valence-electron chi connectivity index (χ4n) is 3.40. The number of thiocarbonyl (C=S) groups is 1. The third-order valence-electron chi connectivity index (χ3n) is 4.99. The van der Waals surface area contributed by atoms with Gasteiger partial charge in [0.2, 0.25) is 0 Å². The molecule has 144 valence electrons. The summed E-state index contributed by atoms with van der Waals surface area (Å²) < 4.78 is 5.60. The minimum absolute atomic E-state index is 0.237. The number of carbonyl (C=O) groups excluding carboxylic acids is 1. The molecule has 0 bridgehead atoms. The second-order valence-corrected chi connectivity index (χ2v) is 7.43. The fraction of sp³-hybridized carbons (Fsp3) is 0.238. The minimum Gasteiger partial charge on any atom is -0.451 e. The molecule has 1 aromatic heterocycles. The molecule has 3 aromatic rings. The van der Waals surface area contributed by atoms with Crippen molar-refractivity contribution in [3.63, 3.8) is 0 Å². The number of likely N-dealkylation sites (N-methyl/N-ethyl adjacent to an activating group) is 1. The molecule has 0 spiro atoms. The maximum absolute atomic E-state index is 12.5. The Morgan fingerprint density at radius 3 is 2.61 bits per heavy atom. The number of fused-ring (bicyclic) bond motifs is 1. The van der Waals surface area contributed by atoms with Gasteiger partial charge in [-0.25, -0.2) is 0 Å². The highest BCUT2D eigenvalue weighted by molar-refractivity contribution is 7.80. The van der Waals surface area contributed by atoms with Crippen LogP contribution in [0.1, 0.15) is 10.6 Å². The number of piperazine rings is 1. The molecule has 1 saturated heterocycles. The minimum atomic E-state index is -0.366. The molecule has 6 nitrogen and oxygen atoms in total. The van der Waals surface area contributed by atoms with E-state index in [1.807, 2.05) is 42.5 Å². The third kappa shape index (κ3) is 4.00. The summed E-state index contributed by atoms with van der Waals surface area (Å²) in [5.41, 5.74) is 2.65. The molecule has 0 unspecified atom stereocenters. The van der Waals surface area contributed by atoms with Crippen LogP contribution in [0.25, 0.3) is 11.0 Å². The van der Waals surface area contributed by atoms with Crippen LogP contribution in [0.5, 0.6) is 0 Å². The zero-order valence-electron chi connectivity index (χ0n) is 15.7. The number of rotatable bonds is 3. The number of hydrogen-bond donors (Lipinski definition) is 3. The number of hydrogen-bond acceptors (Lipinski definition) is 4. The van der Waals surface area contributed by atoms with Crippen LogP contribution in [-0.2, 0) is 0 Å². The molecular weight excluding hydrogens is 372 g/mol. The smallest absolute Gasteiger partial charge is 0.293 e. The fourth-order valence-corrected chi connectivity index (χ4v) is 3.60. The van der Waals surface area contributed by atoms with E-state index in [0.717, 1.165) is 42.9 Å². The largest absolute Gasteiger partial charge is 0.451 e.